The molecule has 100 valence electrons. The summed E-state index contributed by atoms with van der Waals surface area (Å²) >= 11 is 0. The van der Waals surface area contributed by atoms with Gasteiger partial charge >= 0.3 is 0 Å². The van der Waals surface area contributed by atoms with Crippen LogP contribution in [0.25, 0.3) is 10.8 Å². The van der Waals surface area contributed by atoms with E-state index in [-0.39, 0.29) is 0 Å². The van der Waals surface area contributed by atoms with Crippen LogP contribution in [-0.2, 0) is 4.74 Å². The monoisotopic (exact) mass is 256 g/mol. The minimum Gasteiger partial charge on any atom is -0.384 e. The van der Waals surface area contributed by atoms with Crippen LogP contribution in [0.4, 0.5) is 5.82 Å². The summed E-state index contributed by atoms with van der Waals surface area (Å²) in [5.74, 6) is 0.987. The molecule has 19 heavy (non-hydrogen) atoms. The molecule has 0 bridgehead atoms. The van der Waals surface area contributed by atoms with Crippen molar-refractivity contribution in [3.8, 4) is 0 Å². The fraction of sp³-hybridized carbons (Fsp3) is 0.438. The molecule has 3 heteroatoms. The minimum atomic E-state index is 0.313. The summed E-state index contributed by atoms with van der Waals surface area (Å²) in [6.07, 6.45) is 5.68. The van der Waals surface area contributed by atoms with E-state index in [2.05, 4.69) is 40.6 Å². The van der Waals surface area contributed by atoms with Crippen molar-refractivity contribution >= 4 is 16.6 Å². The number of methoxy groups -OCH3 is 1. The average molecular weight is 256 g/mol. The van der Waals surface area contributed by atoms with Crippen molar-refractivity contribution in [1.82, 2.24) is 4.98 Å². The number of rotatable bonds is 5. The number of benzene rings is 1. The molecule has 1 heterocycles. The molecule has 2 aromatic rings. The molecule has 0 amide bonds. The maximum atomic E-state index is 5.36. The van der Waals surface area contributed by atoms with Crippen LogP contribution in [0.5, 0.6) is 0 Å². The third-order valence-electron chi connectivity index (χ3n) is 4.17. The lowest BCUT2D eigenvalue weighted by atomic mass is 9.69. The zero-order chi connectivity index (χ0) is 13.1. The summed E-state index contributed by atoms with van der Waals surface area (Å²) in [4.78, 5) is 4.48. The van der Waals surface area contributed by atoms with Gasteiger partial charge in [0.2, 0.25) is 0 Å². The maximum absolute atomic E-state index is 5.36. The highest BCUT2D eigenvalue weighted by Gasteiger charge is 2.36. The fourth-order valence-electron chi connectivity index (χ4n) is 2.89. The Morgan fingerprint density at radius 2 is 2.11 bits per heavy atom. The summed E-state index contributed by atoms with van der Waals surface area (Å²) < 4.78 is 5.36. The SMILES string of the molecule is COCC1(CNc2nccc3ccccc23)CCC1. The largest absolute Gasteiger partial charge is 0.384 e. The number of nitrogens with zero attached hydrogens (tertiary/aromatic N) is 1. The van der Waals surface area contributed by atoms with Crippen LogP contribution in [-0.4, -0.2) is 25.2 Å². The molecule has 1 aromatic heterocycles. The van der Waals surface area contributed by atoms with Gasteiger partial charge in [0, 0.05) is 30.7 Å². The minimum absolute atomic E-state index is 0.313. The van der Waals surface area contributed by atoms with E-state index >= 15 is 0 Å². The number of ether oxygens (including phenoxy) is 1. The van der Waals surface area contributed by atoms with Gasteiger partial charge in [-0.1, -0.05) is 30.7 Å². The molecule has 1 N–H and O–H groups in total. The van der Waals surface area contributed by atoms with Crippen LogP contribution < -0.4 is 5.32 Å². The summed E-state index contributed by atoms with van der Waals surface area (Å²) in [5.41, 5.74) is 0.313. The molecule has 1 saturated carbocycles. The molecule has 3 nitrogen and oxygen atoms in total. The van der Waals surface area contributed by atoms with Gasteiger partial charge in [-0.15, -0.1) is 0 Å². The van der Waals surface area contributed by atoms with E-state index in [0.717, 1.165) is 19.0 Å². The van der Waals surface area contributed by atoms with Crippen LogP contribution in [0, 0.1) is 5.41 Å². The zero-order valence-electron chi connectivity index (χ0n) is 11.4. The summed E-state index contributed by atoms with van der Waals surface area (Å²) in [5, 5.41) is 5.95. The number of nitrogens with one attached hydrogen (secondary N) is 1. The molecule has 1 aromatic carbocycles. The second kappa shape index (κ2) is 5.17. The molecule has 1 fully saturated rings. The normalized spacial score (nSPS) is 17.1. The number of aromatic nitrogens is 1. The lowest BCUT2D eigenvalue weighted by Gasteiger charge is -2.41. The first-order valence-corrected chi connectivity index (χ1v) is 6.90. The van der Waals surface area contributed by atoms with Crippen LogP contribution >= 0.6 is 0 Å². The van der Waals surface area contributed by atoms with Gasteiger partial charge in [0.05, 0.1) is 6.61 Å². The Bertz CT molecular complexity index is 558. The van der Waals surface area contributed by atoms with Crippen LogP contribution in [0.15, 0.2) is 36.5 Å². The van der Waals surface area contributed by atoms with Crippen molar-refractivity contribution in [3.63, 3.8) is 0 Å². The van der Waals surface area contributed by atoms with Crippen molar-refractivity contribution in [2.45, 2.75) is 19.3 Å². The van der Waals surface area contributed by atoms with E-state index in [9.17, 15) is 0 Å². The van der Waals surface area contributed by atoms with E-state index in [1.807, 2.05) is 6.20 Å². The Morgan fingerprint density at radius 1 is 1.26 bits per heavy atom. The first-order valence-electron chi connectivity index (χ1n) is 6.90. The van der Waals surface area contributed by atoms with Gasteiger partial charge in [0.25, 0.3) is 0 Å². The summed E-state index contributed by atoms with van der Waals surface area (Å²) in [7, 11) is 1.79. The van der Waals surface area contributed by atoms with Gasteiger partial charge in [0.15, 0.2) is 0 Å². The molecular weight excluding hydrogens is 236 g/mol. The van der Waals surface area contributed by atoms with Crippen molar-refractivity contribution in [2.75, 3.05) is 25.6 Å². The topological polar surface area (TPSA) is 34.1 Å². The van der Waals surface area contributed by atoms with Crippen molar-refractivity contribution < 1.29 is 4.74 Å². The number of anilines is 1. The fourth-order valence-corrected chi connectivity index (χ4v) is 2.89. The third kappa shape index (κ3) is 2.43. The standard InChI is InChI=1S/C16H20N2O/c1-19-12-16(8-4-9-16)11-18-15-14-6-3-2-5-13(14)7-10-17-15/h2-3,5-7,10H,4,8-9,11-12H2,1H3,(H,17,18). The predicted octanol–water partition coefficient (Wildman–Crippen LogP) is 3.46. The summed E-state index contributed by atoms with van der Waals surface area (Å²) in [6.45, 7) is 1.78. The molecule has 0 atom stereocenters. The van der Waals surface area contributed by atoms with Gasteiger partial charge < -0.3 is 10.1 Å². The molecule has 1 aliphatic rings. The van der Waals surface area contributed by atoms with Crippen LogP contribution in [0.2, 0.25) is 0 Å². The highest BCUT2D eigenvalue weighted by molar-refractivity contribution is 5.91. The first-order chi connectivity index (χ1) is 9.33. The van der Waals surface area contributed by atoms with Gasteiger partial charge in [-0.05, 0) is 24.3 Å². The van der Waals surface area contributed by atoms with Crippen molar-refractivity contribution in [3.05, 3.63) is 36.5 Å². The first kappa shape index (κ1) is 12.4. The Labute approximate surface area is 114 Å². The Morgan fingerprint density at radius 3 is 2.84 bits per heavy atom. The van der Waals surface area contributed by atoms with Crippen molar-refractivity contribution in [1.29, 1.82) is 0 Å². The van der Waals surface area contributed by atoms with Gasteiger partial charge in [-0.2, -0.15) is 0 Å². The zero-order valence-corrected chi connectivity index (χ0v) is 11.4. The number of fused-ring (bicyclic) bond motifs is 1. The molecule has 0 radical (unpaired) electrons. The molecule has 0 aliphatic heterocycles. The third-order valence-corrected chi connectivity index (χ3v) is 4.17. The lowest BCUT2D eigenvalue weighted by molar-refractivity contribution is 0.0282. The van der Waals surface area contributed by atoms with Crippen LogP contribution in [0.1, 0.15) is 19.3 Å². The molecule has 0 unspecified atom stereocenters. The summed E-state index contributed by atoms with van der Waals surface area (Å²) in [6, 6.07) is 10.4. The molecule has 0 spiro atoms. The number of pyridine rings is 1. The van der Waals surface area contributed by atoms with E-state index in [1.165, 1.54) is 30.0 Å². The second-order valence-electron chi connectivity index (χ2n) is 5.52. The van der Waals surface area contributed by atoms with Gasteiger partial charge in [-0.25, -0.2) is 4.98 Å². The highest BCUT2D eigenvalue weighted by atomic mass is 16.5. The number of hydrogen-bond acceptors (Lipinski definition) is 3. The van der Waals surface area contributed by atoms with Crippen LogP contribution in [0.3, 0.4) is 0 Å². The maximum Gasteiger partial charge on any atom is 0.133 e. The predicted molar refractivity (Wildman–Crippen MR) is 78.4 cm³/mol. The Hall–Kier alpha value is -1.61. The molecule has 0 saturated heterocycles. The highest BCUT2D eigenvalue weighted by Crippen LogP contribution is 2.41. The Kier molecular flexibility index (Phi) is 3.38. The van der Waals surface area contributed by atoms with E-state index in [0.29, 0.717) is 5.41 Å². The lowest BCUT2D eigenvalue weighted by Crippen LogP contribution is -2.40. The van der Waals surface area contributed by atoms with Crippen molar-refractivity contribution in [2.24, 2.45) is 5.41 Å². The van der Waals surface area contributed by atoms with Gasteiger partial charge in [0.1, 0.15) is 5.82 Å². The quantitative estimate of drug-likeness (QED) is 0.889. The molecular formula is C16H20N2O. The number of hydrogen-bond donors (Lipinski definition) is 1. The Balaban J connectivity index is 1.78. The van der Waals surface area contributed by atoms with E-state index in [1.54, 1.807) is 7.11 Å². The van der Waals surface area contributed by atoms with Gasteiger partial charge in [-0.3, -0.25) is 0 Å². The van der Waals surface area contributed by atoms with E-state index in [4.69, 9.17) is 4.74 Å². The average Bonchev–Trinajstić information content (AvgIpc) is 2.41. The molecule has 1 aliphatic carbocycles. The molecule has 3 rings (SSSR count). The second-order valence-corrected chi connectivity index (χ2v) is 5.52. The van der Waals surface area contributed by atoms with E-state index < -0.39 is 0 Å². The smallest absolute Gasteiger partial charge is 0.133 e.